The summed E-state index contributed by atoms with van der Waals surface area (Å²) in [5.41, 5.74) is 1.22. The Labute approximate surface area is 113 Å². The van der Waals surface area contributed by atoms with Gasteiger partial charge in [0, 0.05) is 26.2 Å². The molecule has 2 aliphatic rings. The van der Waals surface area contributed by atoms with Gasteiger partial charge in [0.05, 0.1) is 6.04 Å². The maximum absolute atomic E-state index is 11.4. The Hall–Kier alpha value is -1.81. The molecule has 4 heteroatoms. The zero-order chi connectivity index (χ0) is 13.1. The normalized spacial score (nSPS) is 23.7. The second-order valence-corrected chi connectivity index (χ2v) is 5.00. The summed E-state index contributed by atoms with van der Waals surface area (Å²) >= 11 is 0. The topological polar surface area (TPSA) is 32.8 Å². The molecular formula is C15H18N2O2. The van der Waals surface area contributed by atoms with Gasteiger partial charge in [-0.1, -0.05) is 42.5 Å². The van der Waals surface area contributed by atoms with E-state index in [2.05, 4.69) is 29.2 Å². The third-order valence-electron chi connectivity index (χ3n) is 3.67. The number of rotatable bonds is 3. The van der Waals surface area contributed by atoms with E-state index in [9.17, 15) is 4.79 Å². The van der Waals surface area contributed by atoms with Crippen LogP contribution >= 0.6 is 0 Å². The molecule has 19 heavy (non-hydrogen) atoms. The maximum atomic E-state index is 11.4. The van der Waals surface area contributed by atoms with E-state index in [1.165, 1.54) is 5.56 Å². The van der Waals surface area contributed by atoms with Crippen molar-refractivity contribution in [2.24, 2.45) is 0 Å². The van der Waals surface area contributed by atoms with E-state index in [0.29, 0.717) is 6.61 Å². The van der Waals surface area contributed by atoms with Crippen LogP contribution in [0.1, 0.15) is 5.56 Å². The van der Waals surface area contributed by atoms with Crippen LogP contribution in [0.15, 0.2) is 36.4 Å². The molecule has 1 amide bonds. The number of amides is 1. The first-order valence-corrected chi connectivity index (χ1v) is 6.70. The highest BCUT2D eigenvalue weighted by Gasteiger charge is 2.36. The molecule has 2 aliphatic heterocycles. The SMILES string of the molecule is O=C1OCC2CN(C/C=C/c3ccccc3)CCN12. The van der Waals surface area contributed by atoms with Crippen LogP contribution in [-0.2, 0) is 4.74 Å². The molecular weight excluding hydrogens is 240 g/mol. The van der Waals surface area contributed by atoms with Crippen LogP contribution in [0, 0.1) is 0 Å². The minimum Gasteiger partial charge on any atom is -0.447 e. The Morgan fingerprint density at radius 2 is 2.11 bits per heavy atom. The second kappa shape index (κ2) is 5.45. The predicted molar refractivity (Wildman–Crippen MR) is 73.8 cm³/mol. The van der Waals surface area contributed by atoms with E-state index < -0.39 is 0 Å². The van der Waals surface area contributed by atoms with E-state index >= 15 is 0 Å². The largest absolute Gasteiger partial charge is 0.447 e. The van der Waals surface area contributed by atoms with Crippen molar-refractivity contribution < 1.29 is 9.53 Å². The molecule has 0 aromatic heterocycles. The fourth-order valence-electron chi connectivity index (χ4n) is 2.62. The van der Waals surface area contributed by atoms with Crippen LogP contribution in [0.5, 0.6) is 0 Å². The van der Waals surface area contributed by atoms with Crippen LogP contribution in [0.25, 0.3) is 6.08 Å². The number of nitrogens with zero attached hydrogens (tertiary/aromatic N) is 2. The van der Waals surface area contributed by atoms with Gasteiger partial charge in [-0.05, 0) is 5.56 Å². The highest BCUT2D eigenvalue weighted by Crippen LogP contribution is 2.17. The molecule has 0 spiro atoms. The zero-order valence-corrected chi connectivity index (χ0v) is 10.9. The van der Waals surface area contributed by atoms with E-state index in [1.54, 1.807) is 0 Å². The van der Waals surface area contributed by atoms with Crippen LogP contribution in [-0.4, -0.2) is 54.7 Å². The van der Waals surface area contributed by atoms with Gasteiger partial charge in [-0.3, -0.25) is 9.80 Å². The Balaban J connectivity index is 1.52. The van der Waals surface area contributed by atoms with Crippen LogP contribution in [0.3, 0.4) is 0 Å². The summed E-state index contributed by atoms with van der Waals surface area (Å²) < 4.78 is 5.06. The van der Waals surface area contributed by atoms with Gasteiger partial charge in [-0.15, -0.1) is 0 Å². The molecule has 2 fully saturated rings. The zero-order valence-electron chi connectivity index (χ0n) is 10.9. The molecule has 2 heterocycles. The fourth-order valence-corrected chi connectivity index (χ4v) is 2.62. The van der Waals surface area contributed by atoms with E-state index in [-0.39, 0.29) is 12.1 Å². The summed E-state index contributed by atoms with van der Waals surface area (Å²) in [7, 11) is 0. The van der Waals surface area contributed by atoms with Crippen molar-refractivity contribution in [1.29, 1.82) is 0 Å². The Morgan fingerprint density at radius 1 is 1.26 bits per heavy atom. The molecule has 3 rings (SSSR count). The summed E-state index contributed by atoms with van der Waals surface area (Å²) in [4.78, 5) is 15.6. The van der Waals surface area contributed by atoms with Crippen molar-refractivity contribution in [2.45, 2.75) is 6.04 Å². The third-order valence-corrected chi connectivity index (χ3v) is 3.67. The molecule has 0 N–H and O–H groups in total. The minimum absolute atomic E-state index is 0.149. The molecule has 0 saturated carbocycles. The number of hydrogen-bond donors (Lipinski definition) is 0. The molecule has 0 radical (unpaired) electrons. The molecule has 1 aromatic carbocycles. The first-order chi connectivity index (χ1) is 9.33. The van der Waals surface area contributed by atoms with Crippen molar-refractivity contribution in [2.75, 3.05) is 32.8 Å². The lowest BCUT2D eigenvalue weighted by atomic mass is 10.2. The highest BCUT2D eigenvalue weighted by molar-refractivity contribution is 5.70. The Kier molecular flexibility index (Phi) is 3.51. The Bertz CT molecular complexity index is 472. The molecule has 1 unspecified atom stereocenters. The first kappa shape index (κ1) is 12.2. The van der Waals surface area contributed by atoms with Gasteiger partial charge in [-0.2, -0.15) is 0 Å². The van der Waals surface area contributed by atoms with Gasteiger partial charge >= 0.3 is 6.09 Å². The first-order valence-electron chi connectivity index (χ1n) is 6.70. The number of benzene rings is 1. The van der Waals surface area contributed by atoms with E-state index in [4.69, 9.17) is 4.74 Å². The Morgan fingerprint density at radius 3 is 2.95 bits per heavy atom. The number of cyclic esters (lactones) is 1. The molecule has 0 aliphatic carbocycles. The van der Waals surface area contributed by atoms with Gasteiger partial charge in [-0.25, -0.2) is 4.79 Å². The average Bonchev–Trinajstić information content (AvgIpc) is 2.81. The monoisotopic (exact) mass is 258 g/mol. The van der Waals surface area contributed by atoms with Crippen molar-refractivity contribution in [3.05, 3.63) is 42.0 Å². The van der Waals surface area contributed by atoms with Crippen LogP contribution < -0.4 is 0 Å². The molecule has 100 valence electrons. The lowest BCUT2D eigenvalue weighted by Gasteiger charge is -2.34. The fraction of sp³-hybridized carbons (Fsp3) is 0.400. The lowest BCUT2D eigenvalue weighted by molar-refractivity contribution is 0.127. The number of carbonyl (C=O) groups is 1. The number of ether oxygens (including phenoxy) is 1. The summed E-state index contributed by atoms with van der Waals surface area (Å²) in [6, 6.07) is 10.5. The number of fused-ring (bicyclic) bond motifs is 1. The van der Waals surface area contributed by atoms with Crippen molar-refractivity contribution >= 4 is 12.2 Å². The van der Waals surface area contributed by atoms with Gasteiger partial charge < -0.3 is 4.74 Å². The van der Waals surface area contributed by atoms with Crippen LogP contribution in [0.2, 0.25) is 0 Å². The van der Waals surface area contributed by atoms with Crippen molar-refractivity contribution in [3.63, 3.8) is 0 Å². The number of piperazine rings is 1. The maximum Gasteiger partial charge on any atom is 0.410 e. The molecule has 0 bridgehead atoms. The predicted octanol–water partition coefficient (Wildman–Crippen LogP) is 1.84. The smallest absolute Gasteiger partial charge is 0.410 e. The number of carbonyl (C=O) groups excluding carboxylic acids is 1. The van der Waals surface area contributed by atoms with Gasteiger partial charge in [0.15, 0.2) is 0 Å². The lowest BCUT2D eigenvalue weighted by Crippen LogP contribution is -2.51. The highest BCUT2D eigenvalue weighted by atomic mass is 16.6. The average molecular weight is 258 g/mol. The number of hydrogen-bond acceptors (Lipinski definition) is 3. The van der Waals surface area contributed by atoms with Gasteiger partial charge in [0.25, 0.3) is 0 Å². The molecule has 2 saturated heterocycles. The van der Waals surface area contributed by atoms with Crippen LogP contribution in [0.4, 0.5) is 4.79 Å². The molecule has 1 aromatic rings. The standard InChI is InChI=1S/C15H18N2O2/c18-15-17-10-9-16(11-14(17)12-19-15)8-4-7-13-5-2-1-3-6-13/h1-7,14H,8-12H2/b7-4+. The summed E-state index contributed by atoms with van der Waals surface area (Å²) in [5.74, 6) is 0. The third kappa shape index (κ3) is 2.79. The summed E-state index contributed by atoms with van der Waals surface area (Å²) in [5, 5.41) is 0. The van der Waals surface area contributed by atoms with E-state index in [0.717, 1.165) is 26.2 Å². The minimum atomic E-state index is -0.149. The van der Waals surface area contributed by atoms with Crippen molar-refractivity contribution in [3.8, 4) is 0 Å². The summed E-state index contributed by atoms with van der Waals surface area (Å²) in [6.07, 6.45) is 4.18. The van der Waals surface area contributed by atoms with Gasteiger partial charge in [0.1, 0.15) is 6.61 Å². The van der Waals surface area contributed by atoms with Crippen molar-refractivity contribution in [1.82, 2.24) is 9.80 Å². The van der Waals surface area contributed by atoms with Gasteiger partial charge in [0.2, 0.25) is 0 Å². The second-order valence-electron chi connectivity index (χ2n) is 5.00. The quantitative estimate of drug-likeness (QED) is 0.829. The molecule has 4 nitrogen and oxygen atoms in total. The van der Waals surface area contributed by atoms with E-state index in [1.807, 2.05) is 23.1 Å². The molecule has 1 atom stereocenters. The summed E-state index contributed by atoms with van der Waals surface area (Å²) in [6.45, 7) is 4.07.